The molecule has 0 aliphatic rings. The first-order valence-corrected chi connectivity index (χ1v) is 11.2. The standard InChI is InChI=1S/C23H19F8N3OS/c1-13-7-9-15(10-8-13)17-12-36-20(32-17)34-33-16(14-5-3-2-4-6-14)11-18(35)21(26,27)23(30,31)22(28,29)19(24)25/h2-10,12,18-19,35H,11H2,1H3,(H,32,34). The van der Waals surface area contributed by atoms with Crippen LogP contribution in [0, 0.1) is 6.92 Å². The smallest absolute Gasteiger partial charge is 0.380 e. The molecule has 1 atom stereocenters. The minimum Gasteiger partial charge on any atom is -0.386 e. The second-order valence-electron chi connectivity index (χ2n) is 7.78. The van der Waals surface area contributed by atoms with Crippen molar-refractivity contribution in [2.75, 3.05) is 5.43 Å². The summed E-state index contributed by atoms with van der Waals surface area (Å²) in [6.07, 6.45) is -9.92. The predicted octanol–water partition coefficient (Wildman–Crippen LogP) is 6.86. The number of benzene rings is 2. The van der Waals surface area contributed by atoms with Gasteiger partial charge in [0.25, 0.3) is 0 Å². The Labute approximate surface area is 204 Å². The lowest BCUT2D eigenvalue weighted by molar-refractivity contribution is -0.355. The molecule has 2 N–H and O–H groups in total. The van der Waals surface area contributed by atoms with Gasteiger partial charge in [-0.05, 0) is 12.5 Å². The predicted molar refractivity (Wildman–Crippen MR) is 120 cm³/mol. The Morgan fingerprint density at radius 3 is 2.17 bits per heavy atom. The van der Waals surface area contributed by atoms with E-state index < -0.39 is 42.4 Å². The van der Waals surface area contributed by atoms with E-state index in [0.29, 0.717) is 5.69 Å². The number of aromatic nitrogens is 1. The molecule has 3 rings (SSSR count). The van der Waals surface area contributed by atoms with Crippen molar-refractivity contribution in [2.24, 2.45) is 5.10 Å². The third-order valence-electron chi connectivity index (χ3n) is 5.16. The van der Waals surface area contributed by atoms with Gasteiger partial charge in [0.1, 0.15) is 6.10 Å². The number of thiazole rings is 1. The van der Waals surface area contributed by atoms with Crippen molar-refractivity contribution in [3.8, 4) is 11.3 Å². The summed E-state index contributed by atoms with van der Waals surface area (Å²) in [5.74, 6) is -18.8. The zero-order chi connectivity index (χ0) is 26.7. The number of rotatable bonds is 10. The molecule has 0 radical (unpaired) electrons. The molecular weight excluding hydrogens is 518 g/mol. The number of anilines is 1. The third kappa shape index (κ3) is 5.51. The molecule has 1 unspecified atom stereocenters. The first-order valence-electron chi connectivity index (χ1n) is 10.3. The molecule has 4 nitrogen and oxygen atoms in total. The Balaban J connectivity index is 1.87. The van der Waals surface area contributed by atoms with Gasteiger partial charge >= 0.3 is 24.2 Å². The van der Waals surface area contributed by atoms with E-state index in [1.54, 1.807) is 11.4 Å². The summed E-state index contributed by atoms with van der Waals surface area (Å²) in [6, 6.07) is 14.5. The fraction of sp³-hybridized carbons (Fsp3) is 0.304. The van der Waals surface area contributed by atoms with Crippen LogP contribution in [0.25, 0.3) is 11.3 Å². The maximum atomic E-state index is 14.2. The quantitative estimate of drug-likeness (QED) is 0.169. The second-order valence-corrected chi connectivity index (χ2v) is 8.64. The molecule has 194 valence electrons. The summed E-state index contributed by atoms with van der Waals surface area (Å²) in [5.41, 5.74) is 4.48. The molecule has 13 heteroatoms. The van der Waals surface area contributed by atoms with Crippen molar-refractivity contribution in [1.29, 1.82) is 0 Å². The number of hydrazone groups is 1. The Kier molecular flexibility index (Phi) is 8.04. The van der Waals surface area contributed by atoms with Gasteiger partial charge in [-0.25, -0.2) is 13.8 Å². The Hall–Kier alpha value is -3.06. The maximum absolute atomic E-state index is 14.2. The molecular formula is C23H19F8N3OS. The van der Waals surface area contributed by atoms with Gasteiger partial charge in [0.15, 0.2) is 0 Å². The lowest BCUT2D eigenvalue weighted by Gasteiger charge is -2.34. The van der Waals surface area contributed by atoms with E-state index in [9.17, 15) is 40.2 Å². The number of alkyl halides is 8. The number of aliphatic hydroxyl groups excluding tert-OH is 1. The van der Waals surface area contributed by atoms with Crippen LogP contribution in [0.15, 0.2) is 65.1 Å². The van der Waals surface area contributed by atoms with Crippen molar-refractivity contribution >= 4 is 22.2 Å². The topological polar surface area (TPSA) is 57.5 Å². The van der Waals surface area contributed by atoms with Crippen molar-refractivity contribution in [2.45, 2.75) is 43.6 Å². The Bertz CT molecular complexity index is 1180. The molecule has 1 aromatic heterocycles. The van der Waals surface area contributed by atoms with Gasteiger partial charge in [-0.15, -0.1) is 11.3 Å². The zero-order valence-electron chi connectivity index (χ0n) is 18.4. The van der Waals surface area contributed by atoms with E-state index in [4.69, 9.17) is 0 Å². The molecule has 3 aromatic rings. The Morgan fingerprint density at radius 1 is 0.972 bits per heavy atom. The number of aryl methyl sites for hydroxylation is 1. The van der Waals surface area contributed by atoms with Crippen LogP contribution in [0.1, 0.15) is 17.5 Å². The summed E-state index contributed by atoms with van der Waals surface area (Å²) in [6.45, 7) is 1.90. The SMILES string of the molecule is Cc1ccc(-c2csc(NN=C(CC(O)C(F)(F)C(F)(F)C(F)(F)C(F)F)c3ccccc3)n2)cc1. The van der Waals surface area contributed by atoms with Crippen molar-refractivity contribution in [1.82, 2.24) is 4.98 Å². The highest BCUT2D eigenvalue weighted by Gasteiger charge is 2.77. The van der Waals surface area contributed by atoms with E-state index in [0.717, 1.165) is 22.5 Å². The van der Waals surface area contributed by atoms with Gasteiger partial charge < -0.3 is 5.11 Å². The highest BCUT2D eigenvalue weighted by atomic mass is 32.1. The average molecular weight is 537 g/mol. The van der Waals surface area contributed by atoms with Crippen LogP contribution in [0.5, 0.6) is 0 Å². The van der Waals surface area contributed by atoms with Crippen molar-refractivity contribution in [3.05, 3.63) is 71.1 Å². The first kappa shape index (κ1) is 27.5. The Morgan fingerprint density at radius 2 is 1.58 bits per heavy atom. The summed E-state index contributed by atoms with van der Waals surface area (Å²) in [5, 5.41) is 15.5. The largest absolute Gasteiger partial charge is 0.386 e. The number of nitrogens with zero attached hydrogens (tertiary/aromatic N) is 2. The van der Waals surface area contributed by atoms with Crippen molar-refractivity contribution < 1.29 is 40.2 Å². The fourth-order valence-corrected chi connectivity index (χ4v) is 3.70. The van der Waals surface area contributed by atoms with Crippen molar-refractivity contribution in [3.63, 3.8) is 0 Å². The fourth-order valence-electron chi connectivity index (χ4n) is 3.04. The summed E-state index contributed by atoms with van der Waals surface area (Å²) in [4.78, 5) is 4.28. The van der Waals surface area contributed by atoms with Crippen LogP contribution in [-0.4, -0.2) is 46.1 Å². The molecule has 0 aliphatic heterocycles. The number of nitrogens with one attached hydrogen (secondary N) is 1. The monoisotopic (exact) mass is 537 g/mol. The van der Waals surface area contributed by atoms with Gasteiger partial charge in [0.05, 0.1) is 11.4 Å². The molecule has 0 aliphatic carbocycles. The van der Waals surface area contributed by atoms with Crippen LogP contribution < -0.4 is 5.43 Å². The van der Waals surface area contributed by atoms with E-state index >= 15 is 0 Å². The van der Waals surface area contributed by atoms with E-state index in [1.807, 2.05) is 31.2 Å². The minimum atomic E-state index is -6.54. The van der Waals surface area contributed by atoms with Crippen LogP contribution in [0.2, 0.25) is 0 Å². The van der Waals surface area contributed by atoms with Gasteiger partial charge in [0.2, 0.25) is 5.13 Å². The van der Waals surface area contributed by atoms with Gasteiger partial charge in [-0.3, -0.25) is 5.43 Å². The van der Waals surface area contributed by atoms with Gasteiger partial charge in [0, 0.05) is 17.4 Å². The van der Waals surface area contributed by atoms with Crippen LogP contribution in [0.3, 0.4) is 0 Å². The maximum Gasteiger partial charge on any atom is 0.380 e. The first-order chi connectivity index (χ1) is 16.8. The van der Waals surface area contributed by atoms with Crippen LogP contribution >= 0.6 is 11.3 Å². The molecule has 1 heterocycles. The molecule has 36 heavy (non-hydrogen) atoms. The third-order valence-corrected chi connectivity index (χ3v) is 5.91. The summed E-state index contributed by atoms with van der Waals surface area (Å²) in [7, 11) is 0. The molecule has 0 saturated heterocycles. The van der Waals surface area contributed by atoms with E-state index in [1.165, 1.54) is 24.3 Å². The second kappa shape index (κ2) is 10.5. The van der Waals surface area contributed by atoms with Crippen LogP contribution in [0.4, 0.5) is 40.3 Å². The van der Waals surface area contributed by atoms with Gasteiger partial charge in [-0.2, -0.15) is 31.4 Å². The lowest BCUT2D eigenvalue weighted by atomic mass is 9.94. The number of aliphatic hydroxyl groups is 1. The zero-order valence-corrected chi connectivity index (χ0v) is 19.2. The van der Waals surface area contributed by atoms with E-state index in [-0.39, 0.29) is 10.7 Å². The average Bonchev–Trinajstić information content (AvgIpc) is 3.31. The summed E-state index contributed by atoms with van der Waals surface area (Å²) < 4.78 is 107. The molecule has 0 bridgehead atoms. The lowest BCUT2D eigenvalue weighted by Crippen LogP contribution is -2.62. The number of hydrogen-bond acceptors (Lipinski definition) is 5. The highest BCUT2D eigenvalue weighted by Crippen LogP contribution is 2.50. The van der Waals surface area contributed by atoms with Gasteiger partial charge in [-0.1, -0.05) is 60.2 Å². The molecule has 2 aromatic carbocycles. The molecule has 0 spiro atoms. The number of halogens is 8. The molecule has 0 amide bonds. The molecule has 0 saturated carbocycles. The number of hydrogen-bond donors (Lipinski definition) is 2. The van der Waals surface area contributed by atoms with E-state index in [2.05, 4.69) is 15.5 Å². The minimum absolute atomic E-state index is 0.0825. The highest BCUT2D eigenvalue weighted by molar-refractivity contribution is 7.14. The normalized spacial score (nSPS) is 14.2. The van der Waals surface area contributed by atoms with Crippen LogP contribution in [-0.2, 0) is 0 Å². The molecule has 0 fully saturated rings. The summed E-state index contributed by atoms with van der Waals surface area (Å²) >= 11 is 1.08.